The van der Waals surface area contributed by atoms with E-state index in [1.807, 2.05) is 18.0 Å². The van der Waals surface area contributed by atoms with Crippen LogP contribution in [0.5, 0.6) is 0 Å². The molecule has 0 fully saturated rings. The summed E-state index contributed by atoms with van der Waals surface area (Å²) in [6, 6.07) is 0. The van der Waals surface area contributed by atoms with Gasteiger partial charge in [0, 0.05) is 19.2 Å². The molecular weight excluding hydrogens is 268 g/mol. The summed E-state index contributed by atoms with van der Waals surface area (Å²) in [6.45, 7) is 5.25. The van der Waals surface area contributed by atoms with Crippen LogP contribution in [0.4, 0.5) is 5.82 Å². The molecule has 2 rings (SSSR count). The van der Waals surface area contributed by atoms with Crippen LogP contribution in [0, 0.1) is 6.92 Å². The third-order valence-corrected chi connectivity index (χ3v) is 4.30. The Balaban J connectivity index is 2.24. The summed E-state index contributed by atoms with van der Waals surface area (Å²) in [5, 5.41) is 0. The van der Waals surface area contributed by atoms with Crippen LogP contribution in [0.15, 0.2) is 6.20 Å². The molecule has 20 heavy (non-hydrogen) atoms. The number of anilines is 1. The number of hydrogen-bond acceptors (Lipinski definition) is 4. The maximum Gasteiger partial charge on any atom is 0.151 e. The number of pyridine rings is 1. The average molecular weight is 292 g/mol. The van der Waals surface area contributed by atoms with Gasteiger partial charge in [-0.2, -0.15) is 11.8 Å². The molecule has 0 aliphatic carbocycles. The van der Waals surface area contributed by atoms with E-state index in [-0.39, 0.29) is 0 Å². The largest absolute Gasteiger partial charge is 0.382 e. The molecule has 0 amide bonds. The van der Waals surface area contributed by atoms with E-state index in [4.69, 9.17) is 5.73 Å². The number of nitrogens with zero attached hydrogens (tertiary/aromatic N) is 3. The monoisotopic (exact) mass is 292 g/mol. The summed E-state index contributed by atoms with van der Waals surface area (Å²) in [6.07, 6.45) is 8.70. The SMILES string of the molecule is CCc1nc2c(N)ncc(C)c2n1CCCCCSC. The van der Waals surface area contributed by atoms with Crippen LogP contribution in [0.25, 0.3) is 11.0 Å². The zero-order chi connectivity index (χ0) is 14.5. The first-order valence-corrected chi connectivity index (χ1v) is 8.67. The van der Waals surface area contributed by atoms with Crippen molar-refractivity contribution in [1.82, 2.24) is 14.5 Å². The van der Waals surface area contributed by atoms with Gasteiger partial charge in [0.2, 0.25) is 0 Å². The van der Waals surface area contributed by atoms with Crippen LogP contribution >= 0.6 is 11.8 Å². The van der Waals surface area contributed by atoms with Gasteiger partial charge in [-0.15, -0.1) is 0 Å². The van der Waals surface area contributed by atoms with Crippen molar-refractivity contribution in [3.05, 3.63) is 17.6 Å². The van der Waals surface area contributed by atoms with E-state index in [1.54, 1.807) is 0 Å². The van der Waals surface area contributed by atoms with E-state index in [0.29, 0.717) is 5.82 Å². The lowest BCUT2D eigenvalue weighted by molar-refractivity contribution is 0.595. The molecule has 0 atom stereocenters. The highest BCUT2D eigenvalue weighted by Gasteiger charge is 2.14. The van der Waals surface area contributed by atoms with Crippen molar-refractivity contribution in [3.8, 4) is 0 Å². The van der Waals surface area contributed by atoms with Gasteiger partial charge in [0.25, 0.3) is 0 Å². The van der Waals surface area contributed by atoms with Gasteiger partial charge in [-0.05, 0) is 37.3 Å². The van der Waals surface area contributed by atoms with E-state index in [9.17, 15) is 0 Å². The molecule has 2 N–H and O–H groups in total. The number of unbranched alkanes of at least 4 members (excludes halogenated alkanes) is 2. The van der Waals surface area contributed by atoms with Gasteiger partial charge in [0.1, 0.15) is 11.3 Å². The molecule has 0 aliphatic heterocycles. The first kappa shape index (κ1) is 15.2. The lowest BCUT2D eigenvalue weighted by atomic mass is 10.2. The fraction of sp³-hybridized carbons (Fsp3) is 0.600. The number of nitrogen functional groups attached to an aromatic ring is 1. The van der Waals surface area contributed by atoms with Crippen molar-refractivity contribution in [2.24, 2.45) is 0 Å². The maximum atomic E-state index is 5.97. The van der Waals surface area contributed by atoms with Crippen molar-refractivity contribution in [2.75, 3.05) is 17.7 Å². The molecule has 2 aromatic rings. The molecule has 0 unspecified atom stereocenters. The van der Waals surface area contributed by atoms with Gasteiger partial charge >= 0.3 is 0 Å². The highest BCUT2D eigenvalue weighted by molar-refractivity contribution is 7.98. The lowest BCUT2D eigenvalue weighted by Crippen LogP contribution is -2.04. The highest BCUT2D eigenvalue weighted by atomic mass is 32.2. The average Bonchev–Trinajstić information content (AvgIpc) is 2.83. The third-order valence-electron chi connectivity index (χ3n) is 3.61. The summed E-state index contributed by atoms with van der Waals surface area (Å²) < 4.78 is 2.34. The summed E-state index contributed by atoms with van der Waals surface area (Å²) in [7, 11) is 0. The normalized spacial score (nSPS) is 11.3. The summed E-state index contributed by atoms with van der Waals surface area (Å²) in [5.74, 6) is 2.91. The van der Waals surface area contributed by atoms with Crippen molar-refractivity contribution in [1.29, 1.82) is 0 Å². The number of thioether (sulfide) groups is 1. The van der Waals surface area contributed by atoms with Crippen molar-refractivity contribution in [2.45, 2.75) is 46.1 Å². The Morgan fingerprint density at radius 1 is 1.30 bits per heavy atom. The molecule has 0 aromatic carbocycles. The number of rotatable bonds is 7. The Hall–Kier alpha value is -1.23. The topological polar surface area (TPSA) is 56.7 Å². The second-order valence-electron chi connectivity index (χ2n) is 5.11. The molecular formula is C15H24N4S. The van der Waals surface area contributed by atoms with Crippen LogP contribution in [0.3, 0.4) is 0 Å². The fourth-order valence-electron chi connectivity index (χ4n) is 2.57. The minimum atomic E-state index is 0.543. The molecule has 0 saturated heterocycles. The van der Waals surface area contributed by atoms with Gasteiger partial charge in [-0.25, -0.2) is 9.97 Å². The quantitative estimate of drug-likeness (QED) is 0.794. The van der Waals surface area contributed by atoms with Crippen LogP contribution in [0.2, 0.25) is 0 Å². The molecule has 2 aromatic heterocycles. The first-order valence-electron chi connectivity index (χ1n) is 7.28. The molecule has 110 valence electrons. The Morgan fingerprint density at radius 3 is 2.80 bits per heavy atom. The number of fused-ring (bicyclic) bond motifs is 1. The molecule has 5 heteroatoms. The number of aryl methyl sites for hydroxylation is 3. The fourth-order valence-corrected chi connectivity index (χ4v) is 3.06. The highest BCUT2D eigenvalue weighted by Crippen LogP contribution is 2.24. The van der Waals surface area contributed by atoms with E-state index in [2.05, 4.69) is 34.6 Å². The maximum absolute atomic E-state index is 5.97. The van der Waals surface area contributed by atoms with Gasteiger partial charge in [0.15, 0.2) is 5.82 Å². The summed E-state index contributed by atoms with van der Waals surface area (Å²) >= 11 is 1.92. The Labute approximate surface area is 125 Å². The summed E-state index contributed by atoms with van der Waals surface area (Å²) in [5.41, 5.74) is 9.16. The Kier molecular flexibility index (Phi) is 5.29. The predicted molar refractivity (Wildman–Crippen MR) is 88.3 cm³/mol. The molecule has 4 nitrogen and oxygen atoms in total. The van der Waals surface area contributed by atoms with Crippen molar-refractivity contribution in [3.63, 3.8) is 0 Å². The van der Waals surface area contributed by atoms with E-state index < -0.39 is 0 Å². The lowest BCUT2D eigenvalue weighted by Gasteiger charge is -2.09. The Bertz CT molecular complexity index is 577. The third kappa shape index (κ3) is 3.08. The molecule has 0 aliphatic rings. The van der Waals surface area contributed by atoms with Crippen molar-refractivity contribution < 1.29 is 0 Å². The number of nitrogens with two attached hydrogens (primary N) is 1. The number of imidazole rings is 1. The van der Waals surface area contributed by atoms with Crippen molar-refractivity contribution >= 4 is 28.6 Å². The van der Waals surface area contributed by atoms with E-state index >= 15 is 0 Å². The second-order valence-corrected chi connectivity index (χ2v) is 6.10. The summed E-state index contributed by atoms with van der Waals surface area (Å²) in [4.78, 5) is 8.89. The molecule has 0 saturated carbocycles. The smallest absolute Gasteiger partial charge is 0.151 e. The van der Waals surface area contributed by atoms with E-state index in [0.717, 1.165) is 29.9 Å². The second kappa shape index (κ2) is 6.97. The number of hydrogen-bond donors (Lipinski definition) is 1. The molecule has 0 spiro atoms. The Morgan fingerprint density at radius 2 is 2.10 bits per heavy atom. The van der Waals surface area contributed by atoms with Crippen LogP contribution in [0.1, 0.15) is 37.6 Å². The van der Waals surface area contributed by atoms with Gasteiger partial charge in [0.05, 0.1) is 5.52 Å². The molecule has 2 heterocycles. The minimum absolute atomic E-state index is 0.543. The van der Waals surface area contributed by atoms with Gasteiger partial charge in [-0.1, -0.05) is 13.3 Å². The molecule has 0 radical (unpaired) electrons. The standard InChI is InChI=1S/C15H24N4S/c1-4-12-18-13-14(11(2)10-17-15(13)16)19(12)8-6-5-7-9-20-3/h10H,4-9H2,1-3H3,(H2,16,17). The number of aromatic nitrogens is 3. The van der Waals surface area contributed by atoms with Gasteiger partial charge < -0.3 is 10.3 Å². The van der Waals surface area contributed by atoms with E-state index in [1.165, 1.54) is 30.5 Å². The van der Waals surface area contributed by atoms with Crippen LogP contribution in [-0.4, -0.2) is 26.5 Å². The predicted octanol–water partition coefficient (Wildman–Crippen LogP) is 3.42. The zero-order valence-corrected chi connectivity index (χ0v) is 13.5. The first-order chi connectivity index (χ1) is 9.69. The van der Waals surface area contributed by atoms with Crippen LogP contribution in [-0.2, 0) is 13.0 Å². The zero-order valence-electron chi connectivity index (χ0n) is 12.6. The molecule has 0 bridgehead atoms. The van der Waals surface area contributed by atoms with Gasteiger partial charge in [-0.3, -0.25) is 0 Å². The van der Waals surface area contributed by atoms with Crippen LogP contribution < -0.4 is 5.73 Å². The minimum Gasteiger partial charge on any atom is -0.382 e.